The van der Waals surface area contributed by atoms with Gasteiger partial charge in [0.2, 0.25) is 5.91 Å². The minimum absolute atomic E-state index is 0.336. The summed E-state index contributed by atoms with van der Waals surface area (Å²) in [6.45, 7) is 0. The standard InChI is InChI=1S/C16H16N2O2/c19-15(9-8-14-7-4-10-17-12-14)18-16(20)11-13-5-2-1-3-6-13/h1-10,12,16,20H,11H2,(H,18,19)/b9-8+. The SMILES string of the molecule is O=C(/C=C/c1cccnc1)NC(O)Cc1ccccc1. The first-order valence-corrected chi connectivity index (χ1v) is 6.34. The van der Waals surface area contributed by atoms with Gasteiger partial charge in [-0.1, -0.05) is 36.4 Å². The van der Waals surface area contributed by atoms with Crippen LogP contribution >= 0.6 is 0 Å². The summed E-state index contributed by atoms with van der Waals surface area (Å²) in [5, 5.41) is 12.3. The van der Waals surface area contributed by atoms with Crippen LogP contribution in [-0.2, 0) is 11.2 Å². The molecule has 1 amide bonds. The number of carbonyl (C=O) groups is 1. The third kappa shape index (κ3) is 4.66. The lowest BCUT2D eigenvalue weighted by Gasteiger charge is -2.11. The van der Waals surface area contributed by atoms with E-state index in [1.165, 1.54) is 6.08 Å². The van der Waals surface area contributed by atoms with Crippen molar-refractivity contribution in [2.45, 2.75) is 12.6 Å². The largest absolute Gasteiger partial charge is 0.373 e. The minimum Gasteiger partial charge on any atom is -0.373 e. The summed E-state index contributed by atoms with van der Waals surface area (Å²) < 4.78 is 0. The molecule has 0 fully saturated rings. The normalized spacial score (nSPS) is 12.2. The fourth-order valence-electron chi connectivity index (χ4n) is 1.75. The molecule has 0 aliphatic heterocycles. The summed E-state index contributed by atoms with van der Waals surface area (Å²) in [6, 6.07) is 13.1. The molecule has 0 saturated heterocycles. The smallest absolute Gasteiger partial charge is 0.245 e. The van der Waals surface area contributed by atoms with Crippen LogP contribution in [0.15, 0.2) is 60.9 Å². The van der Waals surface area contributed by atoms with Gasteiger partial charge in [-0.2, -0.15) is 0 Å². The van der Waals surface area contributed by atoms with Gasteiger partial charge in [0.05, 0.1) is 0 Å². The number of carbonyl (C=O) groups excluding carboxylic acids is 1. The molecule has 1 aromatic carbocycles. The van der Waals surface area contributed by atoms with Crippen LogP contribution in [0.5, 0.6) is 0 Å². The molecule has 4 heteroatoms. The highest BCUT2D eigenvalue weighted by Gasteiger charge is 2.06. The summed E-state index contributed by atoms with van der Waals surface area (Å²) >= 11 is 0. The highest BCUT2D eigenvalue weighted by molar-refractivity contribution is 5.91. The Morgan fingerprint density at radius 2 is 2.05 bits per heavy atom. The number of aliphatic hydroxyl groups excluding tert-OH is 1. The minimum atomic E-state index is -0.900. The van der Waals surface area contributed by atoms with Gasteiger partial charge in [0.15, 0.2) is 0 Å². The van der Waals surface area contributed by atoms with E-state index in [4.69, 9.17) is 0 Å². The average molecular weight is 268 g/mol. The number of pyridine rings is 1. The fourth-order valence-corrected chi connectivity index (χ4v) is 1.75. The second-order valence-corrected chi connectivity index (χ2v) is 4.33. The van der Waals surface area contributed by atoms with Gasteiger partial charge in [0, 0.05) is 24.9 Å². The average Bonchev–Trinajstić information content (AvgIpc) is 2.47. The molecule has 0 spiro atoms. The number of nitrogens with zero attached hydrogens (tertiary/aromatic N) is 1. The molecule has 0 aliphatic rings. The van der Waals surface area contributed by atoms with Gasteiger partial charge in [-0.25, -0.2) is 0 Å². The molecule has 1 heterocycles. The molecule has 2 N–H and O–H groups in total. The van der Waals surface area contributed by atoms with Crippen LogP contribution in [0.1, 0.15) is 11.1 Å². The number of aromatic nitrogens is 1. The van der Waals surface area contributed by atoms with Crippen LogP contribution < -0.4 is 5.32 Å². The summed E-state index contributed by atoms with van der Waals surface area (Å²) in [5.41, 5.74) is 1.80. The van der Waals surface area contributed by atoms with Crippen molar-refractivity contribution in [3.8, 4) is 0 Å². The Balaban J connectivity index is 1.84. The molecule has 2 rings (SSSR count). The number of benzene rings is 1. The predicted octanol–water partition coefficient (Wildman–Crippen LogP) is 1.77. The molecule has 0 radical (unpaired) electrons. The Kier molecular flexibility index (Phi) is 5.03. The Morgan fingerprint density at radius 3 is 2.75 bits per heavy atom. The number of hydrogen-bond acceptors (Lipinski definition) is 3. The Hall–Kier alpha value is -2.46. The number of hydrogen-bond donors (Lipinski definition) is 2. The van der Waals surface area contributed by atoms with Crippen LogP contribution in [0.2, 0.25) is 0 Å². The number of amides is 1. The lowest BCUT2D eigenvalue weighted by Crippen LogP contribution is -2.34. The highest BCUT2D eigenvalue weighted by Crippen LogP contribution is 2.02. The maximum absolute atomic E-state index is 11.6. The van der Waals surface area contributed by atoms with Gasteiger partial charge in [-0.3, -0.25) is 9.78 Å². The van der Waals surface area contributed by atoms with E-state index in [1.807, 2.05) is 36.4 Å². The molecule has 1 aromatic heterocycles. The van der Waals surface area contributed by atoms with Gasteiger partial charge >= 0.3 is 0 Å². The molecule has 0 bridgehead atoms. The zero-order valence-electron chi connectivity index (χ0n) is 10.9. The molecule has 0 saturated carbocycles. The van der Waals surface area contributed by atoms with Crippen molar-refractivity contribution in [2.24, 2.45) is 0 Å². The topological polar surface area (TPSA) is 62.2 Å². The molecule has 0 aliphatic carbocycles. The summed E-state index contributed by atoms with van der Waals surface area (Å²) in [5.74, 6) is -0.336. The van der Waals surface area contributed by atoms with Crippen molar-refractivity contribution in [1.29, 1.82) is 0 Å². The zero-order chi connectivity index (χ0) is 14.2. The molecule has 20 heavy (non-hydrogen) atoms. The summed E-state index contributed by atoms with van der Waals surface area (Å²) in [6.07, 6.45) is 5.84. The molecular weight excluding hydrogens is 252 g/mol. The Labute approximate surface area is 117 Å². The maximum atomic E-state index is 11.6. The number of rotatable bonds is 5. The van der Waals surface area contributed by atoms with Gasteiger partial charge in [-0.05, 0) is 23.3 Å². The number of nitrogens with one attached hydrogen (secondary N) is 1. The van der Waals surface area contributed by atoms with Gasteiger partial charge in [-0.15, -0.1) is 0 Å². The van der Waals surface area contributed by atoms with Gasteiger partial charge in [0.25, 0.3) is 0 Å². The molecule has 1 atom stereocenters. The number of aliphatic hydroxyl groups is 1. The van der Waals surface area contributed by atoms with E-state index < -0.39 is 6.23 Å². The monoisotopic (exact) mass is 268 g/mol. The fraction of sp³-hybridized carbons (Fsp3) is 0.125. The van der Waals surface area contributed by atoms with E-state index in [0.29, 0.717) is 6.42 Å². The third-order valence-corrected chi connectivity index (χ3v) is 2.69. The molecule has 102 valence electrons. The highest BCUT2D eigenvalue weighted by atomic mass is 16.3. The quantitative estimate of drug-likeness (QED) is 0.641. The van der Waals surface area contributed by atoms with Gasteiger partial charge < -0.3 is 10.4 Å². The van der Waals surface area contributed by atoms with Crippen LogP contribution in [0.25, 0.3) is 6.08 Å². The first kappa shape index (κ1) is 14.0. The Morgan fingerprint density at radius 1 is 1.25 bits per heavy atom. The molecule has 2 aromatic rings. The van der Waals surface area contributed by atoms with E-state index >= 15 is 0 Å². The molecule has 4 nitrogen and oxygen atoms in total. The van der Waals surface area contributed by atoms with Crippen molar-refractivity contribution < 1.29 is 9.90 Å². The summed E-state index contributed by atoms with van der Waals surface area (Å²) in [4.78, 5) is 15.6. The van der Waals surface area contributed by atoms with Crippen LogP contribution in [0, 0.1) is 0 Å². The first-order chi connectivity index (χ1) is 9.74. The lowest BCUT2D eigenvalue weighted by atomic mass is 10.1. The third-order valence-electron chi connectivity index (χ3n) is 2.69. The van der Waals surface area contributed by atoms with Crippen molar-refractivity contribution in [2.75, 3.05) is 0 Å². The van der Waals surface area contributed by atoms with E-state index in [9.17, 15) is 9.90 Å². The van der Waals surface area contributed by atoms with Crippen molar-refractivity contribution in [3.63, 3.8) is 0 Å². The first-order valence-electron chi connectivity index (χ1n) is 6.34. The van der Waals surface area contributed by atoms with E-state index in [-0.39, 0.29) is 5.91 Å². The van der Waals surface area contributed by atoms with E-state index in [2.05, 4.69) is 10.3 Å². The maximum Gasteiger partial charge on any atom is 0.245 e. The molecule has 1 unspecified atom stereocenters. The van der Waals surface area contributed by atoms with Gasteiger partial charge in [0.1, 0.15) is 6.23 Å². The second-order valence-electron chi connectivity index (χ2n) is 4.33. The lowest BCUT2D eigenvalue weighted by molar-refractivity contribution is -0.119. The van der Waals surface area contributed by atoms with E-state index in [0.717, 1.165) is 11.1 Å². The van der Waals surface area contributed by atoms with Crippen molar-refractivity contribution >= 4 is 12.0 Å². The van der Waals surface area contributed by atoms with Crippen molar-refractivity contribution in [3.05, 3.63) is 72.1 Å². The second kappa shape index (κ2) is 7.21. The summed E-state index contributed by atoms with van der Waals surface area (Å²) in [7, 11) is 0. The van der Waals surface area contributed by atoms with Crippen LogP contribution in [0.4, 0.5) is 0 Å². The predicted molar refractivity (Wildman–Crippen MR) is 77.6 cm³/mol. The molecular formula is C16H16N2O2. The van der Waals surface area contributed by atoms with Crippen LogP contribution in [-0.4, -0.2) is 22.2 Å². The van der Waals surface area contributed by atoms with Crippen LogP contribution in [0.3, 0.4) is 0 Å². The zero-order valence-corrected chi connectivity index (χ0v) is 10.9. The van der Waals surface area contributed by atoms with Crippen molar-refractivity contribution in [1.82, 2.24) is 10.3 Å². The van der Waals surface area contributed by atoms with E-state index in [1.54, 1.807) is 24.5 Å². The Bertz CT molecular complexity index is 568.